The standard InChI is InChI=1S/C31H34F4N2O4/c1-16(38)3-4-17-7-12-26(41-2)23(14-17)29(39)37-28-21-10-9-20(22(21)13-18-5-6-18)27(28)30(40)36-19-8-11-25(32)24(15-19)31(33,34)35/h7-8,11-16,18,20-21,27-28,38H,3-6,9-10H2,1-2H3,(H,36,40)(H,37,39)/b22-13-/t16-,20?,21?,27+,28-/m1/s1. The number of carbonyl (C=O) groups excluding carboxylic acids is 2. The van der Waals surface area contributed by atoms with Crippen molar-refractivity contribution in [3.8, 4) is 5.75 Å². The van der Waals surface area contributed by atoms with Crippen LogP contribution in [0.3, 0.4) is 0 Å². The number of hydrogen-bond donors (Lipinski definition) is 3. The van der Waals surface area contributed by atoms with E-state index in [4.69, 9.17) is 4.74 Å². The number of ether oxygens (including phenoxy) is 1. The van der Waals surface area contributed by atoms with Crippen molar-refractivity contribution in [2.75, 3.05) is 12.4 Å². The molecule has 0 aromatic heterocycles. The number of aryl methyl sites for hydroxylation is 1. The summed E-state index contributed by atoms with van der Waals surface area (Å²) in [6.07, 6.45) is 1.58. The SMILES string of the molecule is COc1ccc(CC[C@@H](C)O)cc1C(=O)N[C@@H]1C2CCC(/C2=C/C2CC2)[C@@H]1C(=O)Nc1ccc(F)c(C(F)(F)F)c1. The molecule has 10 heteroatoms. The molecular weight excluding hydrogens is 540 g/mol. The number of aliphatic hydroxyl groups is 1. The van der Waals surface area contributed by atoms with Crippen LogP contribution in [0.25, 0.3) is 0 Å². The van der Waals surface area contributed by atoms with Crippen molar-refractivity contribution in [2.45, 2.75) is 63.8 Å². The number of anilines is 1. The maximum atomic E-state index is 13.8. The first kappa shape index (κ1) is 29.1. The number of hydrogen-bond acceptors (Lipinski definition) is 4. The van der Waals surface area contributed by atoms with Gasteiger partial charge < -0.3 is 20.5 Å². The molecule has 5 atom stereocenters. The van der Waals surface area contributed by atoms with Gasteiger partial charge in [-0.3, -0.25) is 9.59 Å². The normalized spacial score (nSPS) is 25.3. The Morgan fingerprint density at radius 1 is 1.10 bits per heavy atom. The third-order valence-corrected chi connectivity index (χ3v) is 8.45. The lowest BCUT2D eigenvalue weighted by Gasteiger charge is -2.30. The lowest BCUT2D eigenvalue weighted by molar-refractivity contribution is -0.140. The van der Waals surface area contributed by atoms with Gasteiger partial charge in [0.05, 0.1) is 30.3 Å². The number of aliphatic hydroxyl groups excluding tert-OH is 1. The first-order valence-electron chi connectivity index (χ1n) is 14.0. The van der Waals surface area contributed by atoms with Crippen molar-refractivity contribution < 1.29 is 37.0 Å². The van der Waals surface area contributed by atoms with Crippen LogP contribution in [0.2, 0.25) is 0 Å². The van der Waals surface area contributed by atoms with Crippen LogP contribution < -0.4 is 15.4 Å². The molecule has 0 aliphatic heterocycles. The van der Waals surface area contributed by atoms with Crippen molar-refractivity contribution in [3.05, 3.63) is 70.6 Å². The largest absolute Gasteiger partial charge is 0.496 e. The van der Waals surface area contributed by atoms with Crippen molar-refractivity contribution in [2.24, 2.45) is 23.7 Å². The van der Waals surface area contributed by atoms with Gasteiger partial charge in [-0.05, 0) is 93.2 Å². The average Bonchev–Trinajstić information content (AvgIpc) is 3.60. The first-order valence-corrected chi connectivity index (χ1v) is 14.0. The molecule has 41 heavy (non-hydrogen) atoms. The Morgan fingerprint density at radius 3 is 2.49 bits per heavy atom. The first-order chi connectivity index (χ1) is 19.5. The van der Waals surface area contributed by atoms with E-state index in [9.17, 15) is 32.3 Å². The van der Waals surface area contributed by atoms with Crippen LogP contribution in [0, 0.1) is 29.5 Å². The molecule has 6 nitrogen and oxygen atoms in total. The Balaban J connectivity index is 1.42. The molecule has 3 aliphatic carbocycles. The molecule has 2 unspecified atom stereocenters. The van der Waals surface area contributed by atoms with Gasteiger partial charge in [0.2, 0.25) is 5.91 Å². The predicted molar refractivity (Wildman–Crippen MR) is 145 cm³/mol. The number of allylic oxidation sites excluding steroid dienone is 1. The fourth-order valence-corrected chi connectivity index (χ4v) is 6.30. The second-order valence-corrected chi connectivity index (χ2v) is 11.4. The fourth-order valence-electron chi connectivity index (χ4n) is 6.30. The number of fused-ring (bicyclic) bond motifs is 2. The Kier molecular flexibility index (Phi) is 8.14. The van der Waals surface area contributed by atoms with E-state index in [1.165, 1.54) is 7.11 Å². The van der Waals surface area contributed by atoms with Crippen molar-refractivity contribution >= 4 is 17.5 Å². The molecule has 5 rings (SSSR count). The third kappa shape index (κ3) is 6.27. The minimum Gasteiger partial charge on any atom is -0.496 e. The maximum absolute atomic E-state index is 13.8. The van der Waals surface area contributed by atoms with Crippen LogP contribution in [0.4, 0.5) is 23.2 Å². The Labute approximate surface area is 236 Å². The predicted octanol–water partition coefficient (Wildman–Crippen LogP) is 5.90. The zero-order chi connectivity index (χ0) is 29.5. The van der Waals surface area contributed by atoms with Gasteiger partial charge in [0.15, 0.2) is 0 Å². The topological polar surface area (TPSA) is 87.7 Å². The molecule has 2 aromatic rings. The molecule has 2 bridgehead atoms. The second-order valence-electron chi connectivity index (χ2n) is 11.4. The molecule has 3 fully saturated rings. The van der Waals surface area contributed by atoms with Crippen molar-refractivity contribution in [1.82, 2.24) is 5.32 Å². The summed E-state index contributed by atoms with van der Waals surface area (Å²) in [6, 6.07) is 7.07. The molecule has 3 N–H and O–H groups in total. The van der Waals surface area contributed by atoms with E-state index >= 15 is 0 Å². The number of benzene rings is 2. The van der Waals surface area contributed by atoms with E-state index in [2.05, 4.69) is 16.7 Å². The molecule has 2 aromatic carbocycles. The van der Waals surface area contributed by atoms with Crippen LogP contribution in [-0.2, 0) is 17.4 Å². The molecule has 3 saturated carbocycles. The summed E-state index contributed by atoms with van der Waals surface area (Å²) in [5.74, 6) is -2.44. The summed E-state index contributed by atoms with van der Waals surface area (Å²) in [5, 5.41) is 15.3. The summed E-state index contributed by atoms with van der Waals surface area (Å²) in [5.41, 5.74) is 0.677. The lowest BCUT2D eigenvalue weighted by Crippen LogP contribution is -2.48. The van der Waals surface area contributed by atoms with Crippen molar-refractivity contribution in [3.63, 3.8) is 0 Å². The molecule has 0 radical (unpaired) electrons. The number of nitrogens with one attached hydrogen (secondary N) is 2. The number of carbonyl (C=O) groups is 2. The summed E-state index contributed by atoms with van der Waals surface area (Å²) in [7, 11) is 1.46. The number of rotatable bonds is 9. The minimum atomic E-state index is -4.91. The summed E-state index contributed by atoms with van der Waals surface area (Å²) in [4.78, 5) is 27.3. The summed E-state index contributed by atoms with van der Waals surface area (Å²) < 4.78 is 59.1. The second kappa shape index (κ2) is 11.5. The van der Waals surface area contributed by atoms with Crippen LogP contribution >= 0.6 is 0 Å². The van der Waals surface area contributed by atoms with E-state index in [-0.39, 0.29) is 17.5 Å². The Morgan fingerprint density at radius 2 is 1.83 bits per heavy atom. The zero-order valence-electron chi connectivity index (χ0n) is 22.9. The smallest absolute Gasteiger partial charge is 0.419 e. The molecule has 0 spiro atoms. The Bertz CT molecular complexity index is 1350. The zero-order valence-corrected chi connectivity index (χ0v) is 22.9. The van der Waals surface area contributed by atoms with Crippen LogP contribution in [0.5, 0.6) is 5.75 Å². The number of methoxy groups -OCH3 is 1. The maximum Gasteiger partial charge on any atom is 0.419 e. The van der Waals surface area contributed by atoms with Crippen LogP contribution in [0.15, 0.2) is 48.0 Å². The van der Waals surface area contributed by atoms with Crippen LogP contribution in [0.1, 0.15) is 60.5 Å². The van der Waals surface area contributed by atoms with E-state index in [1.54, 1.807) is 19.1 Å². The van der Waals surface area contributed by atoms with Crippen LogP contribution in [-0.4, -0.2) is 36.2 Å². The Hall–Kier alpha value is -3.40. The van der Waals surface area contributed by atoms with E-state index in [0.29, 0.717) is 42.2 Å². The molecule has 3 aliphatic rings. The lowest BCUT2D eigenvalue weighted by atomic mass is 9.83. The molecule has 0 heterocycles. The van der Waals surface area contributed by atoms with Gasteiger partial charge in [-0.15, -0.1) is 0 Å². The highest BCUT2D eigenvalue weighted by Gasteiger charge is 2.55. The highest BCUT2D eigenvalue weighted by Crippen LogP contribution is 2.54. The van der Waals surface area contributed by atoms with Gasteiger partial charge in [0.1, 0.15) is 11.6 Å². The average molecular weight is 575 g/mol. The monoisotopic (exact) mass is 574 g/mol. The van der Waals surface area contributed by atoms with Crippen molar-refractivity contribution in [1.29, 1.82) is 0 Å². The fraction of sp³-hybridized carbons (Fsp3) is 0.484. The van der Waals surface area contributed by atoms with Gasteiger partial charge in [0, 0.05) is 17.6 Å². The highest BCUT2D eigenvalue weighted by atomic mass is 19.4. The van der Waals surface area contributed by atoms with Gasteiger partial charge in [0.25, 0.3) is 5.91 Å². The van der Waals surface area contributed by atoms with E-state index in [0.717, 1.165) is 42.9 Å². The van der Waals surface area contributed by atoms with Gasteiger partial charge in [-0.2, -0.15) is 13.2 Å². The minimum absolute atomic E-state index is 0.0660. The van der Waals surface area contributed by atoms with Gasteiger partial charge >= 0.3 is 6.18 Å². The summed E-state index contributed by atoms with van der Waals surface area (Å²) >= 11 is 0. The molecule has 220 valence electrons. The number of alkyl halides is 3. The number of halogens is 4. The highest BCUT2D eigenvalue weighted by molar-refractivity contribution is 5.99. The van der Waals surface area contributed by atoms with Gasteiger partial charge in [-0.1, -0.05) is 17.7 Å². The number of amides is 2. The molecular formula is C31H34F4N2O4. The quantitative estimate of drug-likeness (QED) is 0.257. The third-order valence-electron chi connectivity index (χ3n) is 8.45. The van der Waals surface area contributed by atoms with E-state index < -0.39 is 47.4 Å². The summed E-state index contributed by atoms with van der Waals surface area (Å²) in [6.45, 7) is 1.69. The van der Waals surface area contributed by atoms with Gasteiger partial charge in [-0.25, -0.2) is 4.39 Å². The molecule has 2 amide bonds. The molecule has 0 saturated heterocycles. The van der Waals surface area contributed by atoms with E-state index in [1.807, 2.05) is 6.07 Å².